The number of aliphatic hydroxyl groups is 1. The third-order valence-electron chi connectivity index (χ3n) is 16.2. The van der Waals surface area contributed by atoms with Gasteiger partial charge in [-0.2, -0.15) is 0 Å². The van der Waals surface area contributed by atoms with Crippen LogP contribution >= 0.6 is 15.6 Å². The summed E-state index contributed by atoms with van der Waals surface area (Å²) in [4.78, 5) is 72.4. The number of phosphoric ester groups is 2. The summed E-state index contributed by atoms with van der Waals surface area (Å²) in [6.45, 7) is 9.46. The van der Waals surface area contributed by atoms with E-state index in [0.717, 1.165) is 95.8 Å². The Bertz CT molecular complexity index is 1730. The average Bonchev–Trinajstić information content (AvgIpc) is 3.68. The van der Waals surface area contributed by atoms with Crippen LogP contribution < -0.4 is 0 Å². The molecule has 0 spiro atoms. The number of unbranched alkanes of at least 4 members (excludes halogenated alkanes) is 39. The molecular formula is C70H136O17P2. The minimum atomic E-state index is -4.95. The molecule has 0 bridgehead atoms. The average molecular weight is 1310 g/mol. The standard InChI is InChI=1S/C70H136O17P2/c1-7-9-11-13-15-17-18-19-20-21-22-27-31-35-42-48-54-69(74)86-65(58-81-68(73)53-47-41-34-30-26-24-23-25-29-32-38-44-50-62(3)4)60-84-88(76,77)82-56-64(71)57-83-89(78,79)85-61-66(87-70(75)55-49-43-37-36-39-45-51-63(5)6)59-80-67(72)52-46-40-33-28-16-14-12-10-8-2/h62-66,71H,7-61H2,1-6H3,(H,76,77)(H,78,79)/t64-,65-,66-/m1/s1. The molecular weight excluding hydrogens is 1170 g/mol. The van der Waals surface area contributed by atoms with Crippen LogP contribution in [0.2, 0.25) is 0 Å². The number of ether oxygens (including phenoxy) is 4. The maximum atomic E-state index is 13.0. The van der Waals surface area contributed by atoms with E-state index in [4.69, 9.17) is 37.0 Å². The Labute approximate surface area is 543 Å². The topological polar surface area (TPSA) is 237 Å². The van der Waals surface area contributed by atoms with Crippen molar-refractivity contribution in [2.45, 2.75) is 374 Å². The van der Waals surface area contributed by atoms with Crippen LogP contribution in [0.5, 0.6) is 0 Å². The molecule has 0 aliphatic carbocycles. The lowest BCUT2D eigenvalue weighted by Gasteiger charge is -2.21. The van der Waals surface area contributed by atoms with Gasteiger partial charge < -0.3 is 33.8 Å². The molecule has 0 amide bonds. The highest BCUT2D eigenvalue weighted by Gasteiger charge is 2.30. The SMILES string of the molecule is CCCCCCCCCCCCCCCCCCC(=O)O[C@H](COC(=O)CCCCCCCCCCCCCCC(C)C)COP(=O)(O)OC[C@@H](O)COP(=O)(O)OC[C@@H](COC(=O)CCCCCCCCCCC)OC(=O)CCCCCCCCC(C)C. The second kappa shape index (κ2) is 62.2. The van der Waals surface area contributed by atoms with Crippen LogP contribution in [0, 0.1) is 11.8 Å². The highest BCUT2D eigenvalue weighted by atomic mass is 31.2. The number of rotatable bonds is 69. The van der Waals surface area contributed by atoms with Gasteiger partial charge in [0.15, 0.2) is 12.2 Å². The van der Waals surface area contributed by atoms with Gasteiger partial charge in [-0.3, -0.25) is 37.3 Å². The Morgan fingerprint density at radius 2 is 0.517 bits per heavy atom. The number of hydrogen-bond acceptors (Lipinski definition) is 15. The predicted octanol–water partition coefficient (Wildman–Crippen LogP) is 20.0. The fraction of sp³-hybridized carbons (Fsp3) is 0.943. The molecule has 5 atom stereocenters. The fourth-order valence-corrected chi connectivity index (χ4v) is 12.2. The van der Waals surface area contributed by atoms with Gasteiger partial charge >= 0.3 is 39.5 Å². The predicted molar refractivity (Wildman–Crippen MR) is 358 cm³/mol. The van der Waals surface area contributed by atoms with Gasteiger partial charge in [0, 0.05) is 25.7 Å². The Hall–Kier alpha value is -1.94. The molecule has 2 unspecified atom stereocenters. The Balaban J connectivity index is 5.21. The van der Waals surface area contributed by atoms with Gasteiger partial charge in [0.05, 0.1) is 26.4 Å². The van der Waals surface area contributed by atoms with Crippen LogP contribution in [0.1, 0.15) is 356 Å². The van der Waals surface area contributed by atoms with Crippen LogP contribution in [0.15, 0.2) is 0 Å². The van der Waals surface area contributed by atoms with E-state index in [1.54, 1.807) is 0 Å². The van der Waals surface area contributed by atoms with Crippen molar-refractivity contribution in [2.75, 3.05) is 39.6 Å². The van der Waals surface area contributed by atoms with Crippen molar-refractivity contribution < 1.29 is 80.2 Å². The van der Waals surface area contributed by atoms with Crippen molar-refractivity contribution in [1.82, 2.24) is 0 Å². The van der Waals surface area contributed by atoms with Crippen LogP contribution in [0.4, 0.5) is 0 Å². The quantitative estimate of drug-likeness (QED) is 0.0222. The number of hydrogen-bond donors (Lipinski definition) is 3. The lowest BCUT2D eigenvalue weighted by molar-refractivity contribution is -0.161. The summed E-state index contributed by atoms with van der Waals surface area (Å²) in [5, 5.41) is 10.6. The van der Waals surface area contributed by atoms with E-state index < -0.39 is 97.5 Å². The Kier molecular flexibility index (Phi) is 60.8. The zero-order valence-electron chi connectivity index (χ0n) is 57.7. The van der Waals surface area contributed by atoms with Crippen molar-refractivity contribution in [3.63, 3.8) is 0 Å². The molecule has 0 aromatic rings. The maximum Gasteiger partial charge on any atom is 0.472 e. The molecule has 528 valence electrons. The third kappa shape index (κ3) is 64.6. The number of carbonyl (C=O) groups excluding carboxylic acids is 4. The Morgan fingerprint density at radius 1 is 0.303 bits per heavy atom. The number of aliphatic hydroxyl groups excluding tert-OH is 1. The molecule has 19 heteroatoms. The van der Waals surface area contributed by atoms with E-state index in [9.17, 15) is 43.2 Å². The van der Waals surface area contributed by atoms with Gasteiger partial charge in [0.25, 0.3) is 0 Å². The normalized spacial score (nSPS) is 14.1. The molecule has 0 radical (unpaired) electrons. The molecule has 0 aromatic carbocycles. The number of esters is 4. The monoisotopic (exact) mass is 1310 g/mol. The van der Waals surface area contributed by atoms with Crippen molar-refractivity contribution in [3.05, 3.63) is 0 Å². The minimum Gasteiger partial charge on any atom is -0.462 e. The molecule has 89 heavy (non-hydrogen) atoms. The maximum absolute atomic E-state index is 13.0. The number of carbonyl (C=O) groups is 4. The molecule has 17 nitrogen and oxygen atoms in total. The van der Waals surface area contributed by atoms with Gasteiger partial charge in [0.2, 0.25) is 0 Å². The first kappa shape index (κ1) is 87.1. The lowest BCUT2D eigenvalue weighted by atomic mass is 10.0. The van der Waals surface area contributed by atoms with Gasteiger partial charge in [-0.1, -0.05) is 305 Å². The zero-order chi connectivity index (χ0) is 65.7. The van der Waals surface area contributed by atoms with Crippen LogP contribution in [-0.2, 0) is 65.4 Å². The first-order valence-electron chi connectivity index (χ1n) is 36.5. The van der Waals surface area contributed by atoms with Crippen LogP contribution in [-0.4, -0.2) is 96.7 Å². The summed E-state index contributed by atoms with van der Waals surface area (Å²) < 4.78 is 68.2. The van der Waals surface area contributed by atoms with Crippen LogP contribution in [0.25, 0.3) is 0 Å². The van der Waals surface area contributed by atoms with Gasteiger partial charge in [-0.15, -0.1) is 0 Å². The minimum absolute atomic E-state index is 0.102. The first-order valence-corrected chi connectivity index (χ1v) is 39.5. The first-order chi connectivity index (χ1) is 42.9. The summed E-state index contributed by atoms with van der Waals surface area (Å²) in [5.74, 6) is -0.677. The van der Waals surface area contributed by atoms with E-state index in [1.807, 2.05) is 0 Å². The smallest absolute Gasteiger partial charge is 0.462 e. The number of phosphoric acid groups is 2. The molecule has 0 saturated carbocycles. The summed E-state index contributed by atoms with van der Waals surface area (Å²) >= 11 is 0. The third-order valence-corrected chi connectivity index (χ3v) is 18.1. The van der Waals surface area contributed by atoms with Gasteiger partial charge in [0.1, 0.15) is 19.3 Å². The van der Waals surface area contributed by atoms with E-state index in [1.165, 1.54) is 173 Å². The van der Waals surface area contributed by atoms with Crippen LogP contribution in [0.3, 0.4) is 0 Å². The second-order valence-corrected chi connectivity index (χ2v) is 29.1. The summed E-state index contributed by atoms with van der Waals surface area (Å²) in [6, 6.07) is 0. The van der Waals surface area contributed by atoms with E-state index in [0.29, 0.717) is 31.6 Å². The van der Waals surface area contributed by atoms with E-state index >= 15 is 0 Å². The van der Waals surface area contributed by atoms with Gasteiger partial charge in [-0.25, -0.2) is 9.13 Å². The van der Waals surface area contributed by atoms with Crippen molar-refractivity contribution >= 4 is 39.5 Å². The second-order valence-electron chi connectivity index (χ2n) is 26.2. The Morgan fingerprint density at radius 3 is 0.764 bits per heavy atom. The molecule has 3 N–H and O–H groups in total. The van der Waals surface area contributed by atoms with Crippen molar-refractivity contribution in [1.29, 1.82) is 0 Å². The summed E-state index contributed by atoms with van der Waals surface area (Å²) in [5.41, 5.74) is 0. The molecule has 0 aliphatic heterocycles. The van der Waals surface area contributed by atoms with Crippen molar-refractivity contribution in [2.24, 2.45) is 11.8 Å². The zero-order valence-corrected chi connectivity index (χ0v) is 59.5. The van der Waals surface area contributed by atoms with Gasteiger partial charge in [-0.05, 0) is 37.5 Å². The molecule has 0 fully saturated rings. The molecule has 0 aliphatic rings. The van der Waals surface area contributed by atoms with Crippen molar-refractivity contribution in [3.8, 4) is 0 Å². The largest absolute Gasteiger partial charge is 0.472 e. The van der Waals surface area contributed by atoms with E-state index in [-0.39, 0.29) is 25.7 Å². The summed E-state index contributed by atoms with van der Waals surface area (Å²) in [7, 11) is -9.90. The van der Waals surface area contributed by atoms with E-state index in [2.05, 4.69) is 41.5 Å². The molecule has 0 aromatic heterocycles. The summed E-state index contributed by atoms with van der Waals surface area (Å²) in [6.07, 6.45) is 47.4. The molecule has 0 rings (SSSR count). The lowest BCUT2D eigenvalue weighted by Crippen LogP contribution is -2.30. The highest BCUT2D eigenvalue weighted by molar-refractivity contribution is 7.47. The molecule has 0 heterocycles. The molecule has 0 saturated heterocycles. The fourth-order valence-electron chi connectivity index (χ4n) is 10.6. The highest BCUT2D eigenvalue weighted by Crippen LogP contribution is 2.45.